The molecule has 0 radical (unpaired) electrons. The van der Waals surface area contributed by atoms with Crippen molar-refractivity contribution in [1.29, 1.82) is 0 Å². The maximum absolute atomic E-state index is 11.7. The molecule has 0 N–H and O–H groups in total. The lowest BCUT2D eigenvalue weighted by Gasteiger charge is -2.24. The van der Waals surface area contributed by atoms with Gasteiger partial charge in [0.15, 0.2) is 0 Å². The van der Waals surface area contributed by atoms with Gasteiger partial charge in [-0.25, -0.2) is 9.68 Å². The third-order valence-electron chi connectivity index (χ3n) is 2.93. The predicted octanol–water partition coefficient (Wildman–Crippen LogP) is 3.27. The number of likely N-dealkylation sites (tertiary alicyclic amines) is 1. The van der Waals surface area contributed by atoms with Gasteiger partial charge in [-0.05, 0) is 31.4 Å². The molecule has 1 fully saturated rings. The van der Waals surface area contributed by atoms with Crippen LogP contribution < -0.4 is 4.89 Å². The number of piperidine rings is 1. The maximum Gasteiger partial charge on any atom is 0.452 e. The third-order valence-corrected chi connectivity index (χ3v) is 3.43. The molecule has 1 amide bonds. The summed E-state index contributed by atoms with van der Waals surface area (Å²) in [6.45, 7) is 1.23. The molecule has 7 nitrogen and oxygen atoms in total. The van der Waals surface area contributed by atoms with Gasteiger partial charge in [0.05, 0.1) is 4.92 Å². The van der Waals surface area contributed by atoms with E-state index in [1.54, 1.807) is 6.07 Å². The Morgan fingerprint density at radius 1 is 1.30 bits per heavy atom. The second kappa shape index (κ2) is 6.56. The molecule has 1 aromatic carbocycles. The first-order chi connectivity index (χ1) is 9.58. The second-order valence-electron chi connectivity index (χ2n) is 4.35. The second-order valence-corrected chi connectivity index (χ2v) is 5.27. The first kappa shape index (κ1) is 14.6. The number of amides is 1. The van der Waals surface area contributed by atoms with E-state index in [4.69, 9.17) is 4.89 Å². The van der Waals surface area contributed by atoms with Crippen LogP contribution in [0.2, 0.25) is 0 Å². The number of carbonyl (C=O) groups excluding carboxylic acids is 1. The van der Waals surface area contributed by atoms with Gasteiger partial charge in [0.2, 0.25) is 0 Å². The molecule has 0 spiro atoms. The lowest BCUT2D eigenvalue weighted by atomic mass is 10.1. The molecule has 8 heteroatoms. The zero-order chi connectivity index (χ0) is 14.5. The van der Waals surface area contributed by atoms with E-state index in [1.807, 2.05) is 0 Å². The highest BCUT2D eigenvalue weighted by molar-refractivity contribution is 9.10. The van der Waals surface area contributed by atoms with Crippen molar-refractivity contribution in [3.05, 3.63) is 32.8 Å². The number of hydrogen-bond acceptors (Lipinski definition) is 5. The molecule has 0 unspecified atom stereocenters. The summed E-state index contributed by atoms with van der Waals surface area (Å²) in [4.78, 5) is 33.0. The Morgan fingerprint density at radius 2 is 2.00 bits per heavy atom. The number of carbonyl (C=O) groups is 1. The van der Waals surface area contributed by atoms with Crippen molar-refractivity contribution in [1.82, 2.24) is 4.90 Å². The quantitative estimate of drug-likeness (QED) is 0.477. The molecular weight excluding hydrogens is 332 g/mol. The van der Waals surface area contributed by atoms with Gasteiger partial charge < -0.3 is 4.90 Å². The van der Waals surface area contributed by atoms with E-state index in [0.717, 1.165) is 19.3 Å². The summed E-state index contributed by atoms with van der Waals surface area (Å²) in [5.74, 6) is -0.108. The number of rotatable bonds is 3. The fraction of sp³-hybridized carbons (Fsp3) is 0.417. The molecule has 0 atom stereocenters. The van der Waals surface area contributed by atoms with E-state index in [9.17, 15) is 14.9 Å². The summed E-state index contributed by atoms with van der Waals surface area (Å²) >= 11 is 3.13. The van der Waals surface area contributed by atoms with Crippen LogP contribution in [0.1, 0.15) is 19.3 Å². The summed E-state index contributed by atoms with van der Waals surface area (Å²) in [6, 6.07) is 4.22. The lowest BCUT2D eigenvalue weighted by Crippen LogP contribution is -2.36. The van der Waals surface area contributed by atoms with Gasteiger partial charge in [-0.1, -0.05) is 15.9 Å². The molecular formula is C12H13BrN2O5. The Hall–Kier alpha value is -1.83. The smallest absolute Gasteiger partial charge is 0.305 e. The first-order valence-corrected chi connectivity index (χ1v) is 6.94. The Labute approximate surface area is 123 Å². The molecule has 20 heavy (non-hydrogen) atoms. The minimum atomic E-state index is -0.623. The van der Waals surface area contributed by atoms with E-state index < -0.39 is 11.0 Å². The maximum atomic E-state index is 11.7. The molecule has 0 bridgehead atoms. The lowest BCUT2D eigenvalue weighted by molar-refractivity contribution is -0.387. The van der Waals surface area contributed by atoms with Crippen molar-refractivity contribution in [3.63, 3.8) is 0 Å². The highest BCUT2D eigenvalue weighted by atomic mass is 79.9. The molecule has 0 saturated carbocycles. The van der Waals surface area contributed by atoms with Crippen LogP contribution in [0.5, 0.6) is 5.75 Å². The summed E-state index contributed by atoms with van der Waals surface area (Å²) in [7, 11) is 0. The first-order valence-electron chi connectivity index (χ1n) is 6.15. The summed E-state index contributed by atoms with van der Waals surface area (Å²) < 4.78 is 0.541. The van der Waals surface area contributed by atoms with Crippen LogP contribution in [0.15, 0.2) is 22.7 Å². The van der Waals surface area contributed by atoms with Crippen molar-refractivity contribution in [2.45, 2.75) is 19.3 Å². The Morgan fingerprint density at radius 3 is 2.65 bits per heavy atom. The normalized spacial score (nSPS) is 14.8. The molecule has 108 valence electrons. The minimum Gasteiger partial charge on any atom is -0.305 e. The van der Waals surface area contributed by atoms with E-state index in [2.05, 4.69) is 20.8 Å². The highest BCUT2D eigenvalue weighted by Gasteiger charge is 2.22. The Bertz CT molecular complexity index is 517. The van der Waals surface area contributed by atoms with Crippen LogP contribution in [-0.2, 0) is 4.89 Å². The molecule has 1 aromatic rings. The van der Waals surface area contributed by atoms with Gasteiger partial charge in [0, 0.05) is 23.6 Å². The zero-order valence-electron chi connectivity index (χ0n) is 10.6. The van der Waals surface area contributed by atoms with E-state index in [0.29, 0.717) is 17.6 Å². The SMILES string of the molecule is O=C(OOc1ccc(Br)cc1[N+](=O)[O-])N1CCCCC1. The van der Waals surface area contributed by atoms with Gasteiger partial charge in [-0.15, -0.1) is 0 Å². The van der Waals surface area contributed by atoms with E-state index >= 15 is 0 Å². The zero-order valence-corrected chi connectivity index (χ0v) is 12.2. The number of nitrogens with zero attached hydrogens (tertiary/aromatic N) is 2. The van der Waals surface area contributed by atoms with Crippen LogP contribution >= 0.6 is 15.9 Å². The van der Waals surface area contributed by atoms with Gasteiger partial charge in [0.1, 0.15) is 0 Å². The van der Waals surface area contributed by atoms with Crippen LogP contribution in [0.4, 0.5) is 10.5 Å². The number of nitro benzene ring substituents is 1. The number of benzene rings is 1. The third kappa shape index (κ3) is 3.60. The summed E-state index contributed by atoms with van der Waals surface area (Å²) in [5.41, 5.74) is -0.272. The fourth-order valence-corrected chi connectivity index (χ4v) is 2.26. The topological polar surface area (TPSA) is 81.9 Å². The molecule has 0 aromatic heterocycles. The average molecular weight is 345 g/mol. The largest absolute Gasteiger partial charge is 0.452 e. The number of nitro groups is 1. The highest BCUT2D eigenvalue weighted by Crippen LogP contribution is 2.30. The van der Waals surface area contributed by atoms with Crippen molar-refractivity contribution in [3.8, 4) is 5.75 Å². The number of hydrogen-bond donors (Lipinski definition) is 0. The monoisotopic (exact) mass is 344 g/mol. The van der Waals surface area contributed by atoms with Crippen LogP contribution in [0.3, 0.4) is 0 Å². The molecule has 1 aliphatic heterocycles. The minimum absolute atomic E-state index is 0.108. The Kier molecular flexibility index (Phi) is 4.78. The van der Waals surface area contributed by atoms with Crippen molar-refractivity contribution < 1.29 is 19.5 Å². The molecule has 2 rings (SSSR count). The van der Waals surface area contributed by atoms with E-state index in [1.165, 1.54) is 17.0 Å². The molecule has 1 aliphatic rings. The van der Waals surface area contributed by atoms with Crippen molar-refractivity contribution in [2.24, 2.45) is 0 Å². The standard InChI is InChI=1S/C12H13BrN2O5/c13-9-4-5-11(10(8-9)15(17)18)19-20-12(16)14-6-2-1-3-7-14/h4-5,8H,1-3,6-7H2. The Balaban J connectivity index is 1.99. The van der Waals surface area contributed by atoms with Gasteiger partial charge >= 0.3 is 11.8 Å². The van der Waals surface area contributed by atoms with E-state index in [-0.39, 0.29) is 11.4 Å². The predicted molar refractivity (Wildman–Crippen MR) is 73.3 cm³/mol. The summed E-state index contributed by atoms with van der Waals surface area (Å²) in [5, 5.41) is 10.9. The fourth-order valence-electron chi connectivity index (χ4n) is 1.91. The van der Waals surface area contributed by atoms with Gasteiger partial charge in [-0.3, -0.25) is 15.0 Å². The van der Waals surface area contributed by atoms with Gasteiger partial charge in [0.25, 0.3) is 5.75 Å². The van der Waals surface area contributed by atoms with Gasteiger partial charge in [-0.2, -0.15) is 0 Å². The van der Waals surface area contributed by atoms with Crippen LogP contribution in [0, 0.1) is 10.1 Å². The average Bonchev–Trinajstić information content (AvgIpc) is 2.46. The van der Waals surface area contributed by atoms with Crippen LogP contribution in [-0.4, -0.2) is 29.0 Å². The number of halogens is 1. The van der Waals surface area contributed by atoms with Crippen LogP contribution in [0.25, 0.3) is 0 Å². The van der Waals surface area contributed by atoms with Crippen molar-refractivity contribution >= 4 is 27.7 Å². The summed E-state index contributed by atoms with van der Waals surface area (Å²) in [6.07, 6.45) is 2.31. The molecule has 1 saturated heterocycles. The van der Waals surface area contributed by atoms with Crippen molar-refractivity contribution in [2.75, 3.05) is 13.1 Å². The molecule has 1 heterocycles. The molecule has 0 aliphatic carbocycles.